The molecule has 1 heterocycles. The first-order chi connectivity index (χ1) is 10.3. The molecule has 2 nitrogen and oxygen atoms in total. The van der Waals surface area contributed by atoms with Gasteiger partial charge in [-0.3, -0.25) is 0 Å². The van der Waals surface area contributed by atoms with Crippen LogP contribution in [-0.4, -0.2) is 29.3 Å². The summed E-state index contributed by atoms with van der Waals surface area (Å²) in [7, 11) is 0. The molecular formula is C18H33NOS. The summed E-state index contributed by atoms with van der Waals surface area (Å²) in [5.74, 6) is 1.87. The molecule has 3 fully saturated rings. The second-order valence-electron chi connectivity index (χ2n) is 7.60. The maximum absolute atomic E-state index is 6.58. The first-order valence-electron chi connectivity index (χ1n) is 9.29. The molecule has 1 spiro atoms. The van der Waals surface area contributed by atoms with E-state index in [0.717, 1.165) is 11.9 Å². The maximum atomic E-state index is 6.58. The van der Waals surface area contributed by atoms with E-state index < -0.39 is 0 Å². The topological polar surface area (TPSA) is 35.2 Å². The Kier molecular flexibility index (Phi) is 5.92. The van der Waals surface area contributed by atoms with Gasteiger partial charge >= 0.3 is 0 Å². The molecule has 3 aliphatic rings. The Hall–Kier alpha value is 0.270. The molecule has 21 heavy (non-hydrogen) atoms. The molecule has 1 aliphatic heterocycles. The van der Waals surface area contributed by atoms with Crippen molar-refractivity contribution in [1.29, 1.82) is 0 Å². The van der Waals surface area contributed by atoms with Gasteiger partial charge < -0.3 is 10.5 Å². The van der Waals surface area contributed by atoms with E-state index in [0.29, 0.717) is 12.0 Å². The van der Waals surface area contributed by atoms with Gasteiger partial charge in [-0.2, -0.15) is 11.8 Å². The quantitative estimate of drug-likeness (QED) is 0.829. The summed E-state index contributed by atoms with van der Waals surface area (Å²) in [6.45, 7) is 0.951. The Morgan fingerprint density at radius 1 is 1.00 bits per heavy atom. The van der Waals surface area contributed by atoms with Crippen LogP contribution in [0.15, 0.2) is 0 Å². The summed E-state index contributed by atoms with van der Waals surface area (Å²) in [6, 6.07) is 0.389. The van der Waals surface area contributed by atoms with Gasteiger partial charge in [-0.25, -0.2) is 0 Å². The van der Waals surface area contributed by atoms with Crippen molar-refractivity contribution >= 4 is 11.8 Å². The third-order valence-corrected chi connectivity index (χ3v) is 7.50. The van der Waals surface area contributed by atoms with E-state index in [-0.39, 0.29) is 5.60 Å². The van der Waals surface area contributed by atoms with Gasteiger partial charge in [0.2, 0.25) is 0 Å². The van der Waals surface area contributed by atoms with Gasteiger partial charge in [0.1, 0.15) is 0 Å². The molecule has 2 aliphatic carbocycles. The second kappa shape index (κ2) is 7.70. The normalized spacial score (nSPS) is 32.1. The summed E-state index contributed by atoms with van der Waals surface area (Å²) in [5, 5.41) is 0.897. The Morgan fingerprint density at radius 2 is 1.71 bits per heavy atom. The molecule has 3 rings (SSSR count). The van der Waals surface area contributed by atoms with Gasteiger partial charge in [-0.1, -0.05) is 38.5 Å². The minimum absolute atomic E-state index is 0.217. The summed E-state index contributed by atoms with van der Waals surface area (Å²) < 4.78 is 6.22. The molecule has 0 aromatic carbocycles. The molecule has 0 radical (unpaired) electrons. The SMILES string of the molecule is NC(CSC1CCCCC1)C1CCOC2(CCCCC2)C1. The molecule has 0 bridgehead atoms. The lowest BCUT2D eigenvalue weighted by Gasteiger charge is -2.45. The van der Waals surface area contributed by atoms with Gasteiger partial charge in [0.15, 0.2) is 0 Å². The van der Waals surface area contributed by atoms with Crippen molar-refractivity contribution in [2.75, 3.05) is 12.4 Å². The van der Waals surface area contributed by atoms with E-state index >= 15 is 0 Å². The zero-order valence-corrected chi connectivity index (χ0v) is 14.3. The van der Waals surface area contributed by atoms with Gasteiger partial charge in [-0.05, 0) is 44.4 Å². The Balaban J connectivity index is 1.46. The van der Waals surface area contributed by atoms with Crippen LogP contribution in [-0.2, 0) is 4.74 Å². The minimum atomic E-state index is 0.217. The van der Waals surface area contributed by atoms with Gasteiger partial charge in [0.05, 0.1) is 5.60 Å². The second-order valence-corrected chi connectivity index (χ2v) is 8.94. The predicted molar refractivity (Wildman–Crippen MR) is 91.8 cm³/mol. The third-order valence-electron chi connectivity index (χ3n) is 5.98. The van der Waals surface area contributed by atoms with E-state index in [9.17, 15) is 0 Å². The maximum Gasteiger partial charge on any atom is 0.0685 e. The highest BCUT2D eigenvalue weighted by Crippen LogP contribution is 2.42. The van der Waals surface area contributed by atoms with Gasteiger partial charge in [0.25, 0.3) is 0 Å². The first kappa shape index (κ1) is 16.1. The Bertz CT molecular complexity index is 305. The highest BCUT2D eigenvalue weighted by atomic mass is 32.2. The molecule has 2 N–H and O–H groups in total. The largest absolute Gasteiger partial charge is 0.375 e. The molecule has 0 aromatic rings. The number of hydrogen-bond acceptors (Lipinski definition) is 3. The van der Waals surface area contributed by atoms with Crippen molar-refractivity contribution in [3.05, 3.63) is 0 Å². The Labute approximate surface area is 135 Å². The lowest BCUT2D eigenvalue weighted by molar-refractivity contribution is -0.119. The first-order valence-corrected chi connectivity index (χ1v) is 10.3. The molecule has 0 aromatic heterocycles. The van der Waals surface area contributed by atoms with E-state index in [1.54, 1.807) is 0 Å². The van der Waals surface area contributed by atoms with E-state index in [2.05, 4.69) is 11.8 Å². The molecule has 2 saturated carbocycles. The highest BCUT2D eigenvalue weighted by Gasteiger charge is 2.40. The summed E-state index contributed by atoms with van der Waals surface area (Å²) in [6.07, 6.45) is 16.3. The number of ether oxygens (including phenoxy) is 1. The number of nitrogens with two attached hydrogens (primary N) is 1. The van der Waals surface area contributed by atoms with Crippen molar-refractivity contribution in [1.82, 2.24) is 0 Å². The van der Waals surface area contributed by atoms with Crippen LogP contribution in [0.1, 0.15) is 77.0 Å². The number of thioether (sulfide) groups is 1. The highest BCUT2D eigenvalue weighted by molar-refractivity contribution is 7.99. The van der Waals surface area contributed by atoms with Crippen molar-refractivity contribution in [3.63, 3.8) is 0 Å². The lowest BCUT2D eigenvalue weighted by atomic mass is 9.74. The van der Waals surface area contributed by atoms with Crippen LogP contribution in [0, 0.1) is 5.92 Å². The molecule has 0 amide bonds. The summed E-state index contributed by atoms with van der Waals surface area (Å²) in [4.78, 5) is 0. The van der Waals surface area contributed by atoms with Crippen molar-refractivity contribution < 1.29 is 4.74 Å². The monoisotopic (exact) mass is 311 g/mol. The average molecular weight is 312 g/mol. The van der Waals surface area contributed by atoms with Gasteiger partial charge in [0, 0.05) is 23.7 Å². The van der Waals surface area contributed by atoms with Crippen LogP contribution in [0.3, 0.4) is 0 Å². The van der Waals surface area contributed by atoms with Crippen LogP contribution >= 0.6 is 11.8 Å². The summed E-state index contributed by atoms with van der Waals surface area (Å²) >= 11 is 2.17. The average Bonchev–Trinajstić information content (AvgIpc) is 2.54. The zero-order chi connectivity index (χ0) is 14.5. The van der Waals surface area contributed by atoms with Crippen LogP contribution in [0.25, 0.3) is 0 Å². The molecular weight excluding hydrogens is 278 g/mol. The smallest absolute Gasteiger partial charge is 0.0685 e. The number of rotatable bonds is 4. The fourth-order valence-electron chi connectivity index (χ4n) is 4.59. The van der Waals surface area contributed by atoms with Crippen LogP contribution < -0.4 is 5.73 Å². The van der Waals surface area contributed by atoms with Crippen LogP contribution in [0.5, 0.6) is 0 Å². The van der Waals surface area contributed by atoms with Gasteiger partial charge in [-0.15, -0.1) is 0 Å². The summed E-state index contributed by atoms with van der Waals surface area (Å²) in [5.41, 5.74) is 6.80. The standard InChI is InChI=1S/C18H33NOS/c19-17(14-21-16-7-3-1-4-8-16)15-9-12-20-18(13-15)10-5-2-6-11-18/h15-17H,1-14,19H2. The lowest BCUT2D eigenvalue weighted by Crippen LogP contribution is -2.47. The van der Waals surface area contributed by atoms with Crippen molar-refractivity contribution in [2.24, 2.45) is 11.7 Å². The fraction of sp³-hybridized carbons (Fsp3) is 1.00. The molecule has 3 heteroatoms. The Morgan fingerprint density at radius 3 is 2.48 bits per heavy atom. The van der Waals surface area contributed by atoms with E-state index in [1.165, 1.54) is 82.8 Å². The fourth-order valence-corrected chi connectivity index (χ4v) is 6.02. The zero-order valence-electron chi connectivity index (χ0n) is 13.5. The van der Waals surface area contributed by atoms with Crippen molar-refractivity contribution in [3.8, 4) is 0 Å². The minimum Gasteiger partial charge on any atom is -0.375 e. The van der Waals surface area contributed by atoms with E-state index in [1.807, 2.05) is 0 Å². The van der Waals surface area contributed by atoms with Crippen LogP contribution in [0.4, 0.5) is 0 Å². The number of hydrogen-bond donors (Lipinski definition) is 1. The molecule has 122 valence electrons. The van der Waals surface area contributed by atoms with E-state index in [4.69, 9.17) is 10.5 Å². The molecule has 1 saturated heterocycles. The predicted octanol–water partition coefficient (Wildman–Crippen LogP) is 4.51. The molecule has 2 unspecified atom stereocenters. The molecule has 2 atom stereocenters. The third kappa shape index (κ3) is 4.39. The van der Waals surface area contributed by atoms with Crippen LogP contribution in [0.2, 0.25) is 0 Å². The van der Waals surface area contributed by atoms with Crippen molar-refractivity contribution in [2.45, 2.75) is 93.9 Å².